The van der Waals surface area contributed by atoms with Crippen LogP contribution >= 0.6 is 22.9 Å². The number of anilines is 2. The molecule has 0 saturated carbocycles. The fourth-order valence-corrected chi connectivity index (χ4v) is 3.07. The fraction of sp³-hybridized carbons (Fsp3) is 0.214. The molecule has 2 rings (SSSR count). The molecule has 0 amide bonds. The zero-order valence-corrected chi connectivity index (χ0v) is 12.5. The minimum absolute atomic E-state index is 0.196. The first-order valence-corrected chi connectivity index (χ1v) is 7.32. The standard InChI is InChI=1S/C14H15ClN2O2S/c1-2-17(8-10-4-6-13(15)20-10)12-5-3-9(14(18)19)7-11(12)16/h3-7H,2,8,16H2,1H3,(H,18,19). The van der Waals surface area contributed by atoms with Crippen LogP contribution in [0.3, 0.4) is 0 Å². The van der Waals surface area contributed by atoms with Crippen molar-refractivity contribution in [2.45, 2.75) is 13.5 Å². The van der Waals surface area contributed by atoms with Gasteiger partial charge < -0.3 is 15.7 Å². The lowest BCUT2D eigenvalue weighted by Crippen LogP contribution is -2.22. The van der Waals surface area contributed by atoms with E-state index in [1.54, 1.807) is 12.1 Å². The third-order valence-corrected chi connectivity index (χ3v) is 4.19. The number of nitrogen functional groups attached to an aromatic ring is 1. The minimum Gasteiger partial charge on any atom is -0.478 e. The second kappa shape index (κ2) is 6.15. The zero-order chi connectivity index (χ0) is 14.7. The van der Waals surface area contributed by atoms with Gasteiger partial charge in [-0.3, -0.25) is 0 Å². The van der Waals surface area contributed by atoms with Crippen molar-refractivity contribution in [3.8, 4) is 0 Å². The van der Waals surface area contributed by atoms with Crippen LogP contribution in [0, 0.1) is 0 Å². The van der Waals surface area contributed by atoms with Gasteiger partial charge in [0.25, 0.3) is 0 Å². The molecule has 3 N–H and O–H groups in total. The quantitative estimate of drug-likeness (QED) is 0.826. The predicted octanol–water partition coefficient (Wildman–Crippen LogP) is 3.71. The number of thiophene rings is 1. The zero-order valence-electron chi connectivity index (χ0n) is 11.0. The molecule has 2 aromatic rings. The lowest BCUT2D eigenvalue weighted by atomic mass is 10.1. The van der Waals surface area contributed by atoms with Crippen molar-refractivity contribution in [1.82, 2.24) is 0 Å². The Hall–Kier alpha value is -1.72. The summed E-state index contributed by atoms with van der Waals surface area (Å²) in [4.78, 5) is 14.1. The van der Waals surface area contributed by atoms with Crippen molar-refractivity contribution in [1.29, 1.82) is 0 Å². The summed E-state index contributed by atoms with van der Waals surface area (Å²) in [6.07, 6.45) is 0. The molecular formula is C14H15ClN2O2S. The molecule has 0 radical (unpaired) electrons. The molecule has 0 aliphatic heterocycles. The summed E-state index contributed by atoms with van der Waals surface area (Å²) in [5.41, 5.74) is 7.46. The van der Waals surface area contributed by atoms with Crippen LogP contribution in [-0.4, -0.2) is 17.6 Å². The van der Waals surface area contributed by atoms with Crippen LogP contribution in [0.2, 0.25) is 4.34 Å². The van der Waals surface area contributed by atoms with Crippen molar-refractivity contribution < 1.29 is 9.90 Å². The van der Waals surface area contributed by atoms with Gasteiger partial charge in [-0.15, -0.1) is 11.3 Å². The summed E-state index contributed by atoms with van der Waals surface area (Å²) < 4.78 is 0.755. The maximum atomic E-state index is 10.9. The Balaban J connectivity index is 2.25. The number of halogens is 1. The van der Waals surface area contributed by atoms with Crippen molar-refractivity contribution in [2.24, 2.45) is 0 Å². The number of nitrogens with two attached hydrogens (primary N) is 1. The highest BCUT2D eigenvalue weighted by atomic mass is 35.5. The molecule has 6 heteroatoms. The van der Waals surface area contributed by atoms with Crippen LogP contribution in [0.15, 0.2) is 30.3 Å². The number of carboxylic acid groups (broad SMARTS) is 1. The molecule has 1 heterocycles. The third kappa shape index (κ3) is 3.23. The van der Waals surface area contributed by atoms with Crippen LogP contribution in [0.4, 0.5) is 11.4 Å². The van der Waals surface area contributed by atoms with E-state index >= 15 is 0 Å². The van der Waals surface area contributed by atoms with E-state index in [4.69, 9.17) is 22.4 Å². The largest absolute Gasteiger partial charge is 0.478 e. The van der Waals surface area contributed by atoms with Crippen molar-refractivity contribution in [3.05, 3.63) is 45.1 Å². The molecule has 0 saturated heterocycles. The van der Waals surface area contributed by atoms with Gasteiger partial charge in [-0.1, -0.05) is 11.6 Å². The molecule has 0 atom stereocenters. The molecular weight excluding hydrogens is 296 g/mol. The van der Waals surface area contributed by atoms with Gasteiger partial charge in [0.1, 0.15) is 0 Å². The van der Waals surface area contributed by atoms with Crippen LogP contribution in [0.1, 0.15) is 22.2 Å². The second-order valence-electron chi connectivity index (χ2n) is 4.30. The molecule has 20 heavy (non-hydrogen) atoms. The Kier molecular flexibility index (Phi) is 4.52. The van der Waals surface area contributed by atoms with Crippen LogP contribution < -0.4 is 10.6 Å². The Labute approximate surface area is 126 Å². The first kappa shape index (κ1) is 14.7. The molecule has 0 fully saturated rings. The van der Waals surface area contributed by atoms with Gasteiger partial charge >= 0.3 is 5.97 Å². The van der Waals surface area contributed by atoms with Crippen LogP contribution in [0.5, 0.6) is 0 Å². The second-order valence-corrected chi connectivity index (χ2v) is 6.10. The van der Waals surface area contributed by atoms with Crippen molar-refractivity contribution >= 4 is 40.3 Å². The number of carboxylic acids is 1. The molecule has 0 aliphatic rings. The SMILES string of the molecule is CCN(Cc1ccc(Cl)s1)c1ccc(C(=O)O)cc1N. The monoisotopic (exact) mass is 310 g/mol. The normalized spacial score (nSPS) is 10.5. The smallest absolute Gasteiger partial charge is 0.335 e. The van der Waals surface area contributed by atoms with E-state index in [9.17, 15) is 4.79 Å². The number of hydrogen-bond acceptors (Lipinski definition) is 4. The maximum absolute atomic E-state index is 10.9. The Morgan fingerprint density at radius 1 is 1.40 bits per heavy atom. The Morgan fingerprint density at radius 2 is 2.15 bits per heavy atom. The number of aromatic carboxylic acids is 1. The highest BCUT2D eigenvalue weighted by molar-refractivity contribution is 7.16. The van der Waals surface area contributed by atoms with Crippen molar-refractivity contribution in [3.63, 3.8) is 0 Å². The number of hydrogen-bond donors (Lipinski definition) is 2. The van der Waals surface area contributed by atoms with E-state index in [0.717, 1.165) is 21.4 Å². The predicted molar refractivity (Wildman–Crippen MR) is 83.9 cm³/mol. The number of rotatable bonds is 5. The average molecular weight is 311 g/mol. The highest BCUT2D eigenvalue weighted by Gasteiger charge is 2.12. The van der Waals surface area contributed by atoms with Crippen LogP contribution in [0.25, 0.3) is 0 Å². The van der Waals surface area contributed by atoms with E-state index in [1.807, 2.05) is 19.1 Å². The van der Waals surface area contributed by atoms with Gasteiger partial charge in [0.05, 0.1) is 27.8 Å². The summed E-state index contributed by atoms with van der Waals surface area (Å²) in [5.74, 6) is -0.976. The van der Waals surface area contributed by atoms with E-state index in [2.05, 4.69) is 4.90 Å². The number of carbonyl (C=O) groups is 1. The lowest BCUT2D eigenvalue weighted by Gasteiger charge is -2.24. The molecule has 0 bridgehead atoms. The Morgan fingerprint density at radius 3 is 2.65 bits per heavy atom. The van der Waals surface area contributed by atoms with Gasteiger partial charge in [-0.05, 0) is 37.3 Å². The molecule has 1 aromatic carbocycles. The van der Waals surface area contributed by atoms with Crippen molar-refractivity contribution in [2.75, 3.05) is 17.2 Å². The first-order chi connectivity index (χ1) is 9.51. The maximum Gasteiger partial charge on any atom is 0.335 e. The number of nitrogens with zero attached hydrogens (tertiary/aromatic N) is 1. The van der Waals surface area contributed by atoms with Gasteiger partial charge in [0.15, 0.2) is 0 Å². The van der Waals surface area contributed by atoms with Gasteiger partial charge in [0.2, 0.25) is 0 Å². The molecule has 1 aromatic heterocycles. The summed E-state index contributed by atoms with van der Waals surface area (Å²) >= 11 is 7.46. The highest BCUT2D eigenvalue weighted by Crippen LogP contribution is 2.28. The van der Waals surface area contributed by atoms with E-state index < -0.39 is 5.97 Å². The fourth-order valence-electron chi connectivity index (χ4n) is 1.97. The topological polar surface area (TPSA) is 66.6 Å². The third-order valence-electron chi connectivity index (χ3n) is 2.97. The number of benzene rings is 1. The average Bonchev–Trinajstić information content (AvgIpc) is 2.81. The molecule has 0 spiro atoms. The minimum atomic E-state index is -0.976. The van der Waals surface area contributed by atoms with E-state index in [0.29, 0.717) is 12.2 Å². The summed E-state index contributed by atoms with van der Waals surface area (Å²) in [6.45, 7) is 3.50. The Bertz CT molecular complexity index is 627. The van der Waals surface area contributed by atoms with Gasteiger partial charge in [-0.2, -0.15) is 0 Å². The molecule has 106 valence electrons. The summed E-state index contributed by atoms with van der Waals surface area (Å²) in [7, 11) is 0. The van der Waals surface area contributed by atoms with E-state index in [1.165, 1.54) is 17.4 Å². The molecule has 0 unspecified atom stereocenters. The van der Waals surface area contributed by atoms with Gasteiger partial charge in [-0.25, -0.2) is 4.79 Å². The molecule has 4 nitrogen and oxygen atoms in total. The summed E-state index contributed by atoms with van der Waals surface area (Å²) in [6, 6.07) is 8.65. The van der Waals surface area contributed by atoms with E-state index in [-0.39, 0.29) is 5.56 Å². The summed E-state index contributed by atoms with van der Waals surface area (Å²) in [5, 5.41) is 8.95. The van der Waals surface area contributed by atoms with Gasteiger partial charge in [0, 0.05) is 11.4 Å². The first-order valence-electron chi connectivity index (χ1n) is 6.13. The lowest BCUT2D eigenvalue weighted by molar-refractivity contribution is 0.0697. The van der Waals surface area contributed by atoms with Crippen LogP contribution in [-0.2, 0) is 6.54 Å². The molecule has 0 aliphatic carbocycles.